The van der Waals surface area contributed by atoms with Gasteiger partial charge in [0.2, 0.25) is 0 Å². The van der Waals surface area contributed by atoms with E-state index in [9.17, 15) is 4.79 Å². The fourth-order valence-electron chi connectivity index (χ4n) is 3.24. The van der Waals surface area contributed by atoms with Crippen molar-refractivity contribution in [3.05, 3.63) is 34.9 Å². The lowest BCUT2D eigenvalue weighted by atomic mass is 9.85. The first-order valence-corrected chi connectivity index (χ1v) is 7.67. The van der Waals surface area contributed by atoms with Crippen molar-refractivity contribution in [1.82, 2.24) is 10.2 Å². The maximum atomic E-state index is 12.7. The molecule has 3 rings (SSSR count). The van der Waals surface area contributed by atoms with E-state index in [1.54, 1.807) is 0 Å². The van der Waals surface area contributed by atoms with Gasteiger partial charge in [0.15, 0.2) is 0 Å². The lowest BCUT2D eigenvalue weighted by Gasteiger charge is -2.23. The Morgan fingerprint density at radius 2 is 1.90 bits per heavy atom. The summed E-state index contributed by atoms with van der Waals surface area (Å²) in [5.74, 6) is 0.206. The standard InChI is InChI=1S/C17H24N2O.ClH/c1-17(2)6-3-8-19(9-7-17)16(20)13-4-5-14-11-18-12-15(14)10-13;/h4-5,10,18H,3,6-9,11-12H2,1-2H3;1H. The van der Waals surface area contributed by atoms with Crippen LogP contribution in [0.4, 0.5) is 0 Å². The highest BCUT2D eigenvalue weighted by Crippen LogP contribution is 2.30. The van der Waals surface area contributed by atoms with Crippen LogP contribution in [0.3, 0.4) is 0 Å². The molecule has 0 saturated carbocycles. The Hall–Kier alpha value is -1.06. The Bertz CT molecular complexity index is 528. The van der Waals surface area contributed by atoms with Crippen LogP contribution in [0, 0.1) is 5.41 Å². The topological polar surface area (TPSA) is 32.3 Å². The van der Waals surface area contributed by atoms with Crippen molar-refractivity contribution in [1.29, 1.82) is 0 Å². The first-order chi connectivity index (χ1) is 9.55. The number of halogens is 1. The quantitative estimate of drug-likeness (QED) is 0.863. The molecule has 0 spiro atoms. The molecule has 1 amide bonds. The van der Waals surface area contributed by atoms with Crippen LogP contribution in [0.15, 0.2) is 18.2 Å². The molecule has 0 unspecified atom stereocenters. The molecule has 3 nitrogen and oxygen atoms in total. The van der Waals surface area contributed by atoms with Crippen LogP contribution in [0.2, 0.25) is 0 Å². The number of amides is 1. The minimum atomic E-state index is 0. The van der Waals surface area contributed by atoms with E-state index >= 15 is 0 Å². The minimum Gasteiger partial charge on any atom is -0.339 e. The van der Waals surface area contributed by atoms with Crippen LogP contribution in [-0.4, -0.2) is 23.9 Å². The van der Waals surface area contributed by atoms with Crippen molar-refractivity contribution >= 4 is 18.3 Å². The smallest absolute Gasteiger partial charge is 0.253 e. The van der Waals surface area contributed by atoms with Gasteiger partial charge >= 0.3 is 0 Å². The molecule has 0 aliphatic carbocycles. The minimum absolute atomic E-state index is 0. The molecule has 2 aliphatic heterocycles. The van der Waals surface area contributed by atoms with E-state index in [0.29, 0.717) is 5.41 Å². The molecule has 1 saturated heterocycles. The van der Waals surface area contributed by atoms with Crippen molar-refractivity contribution in [3.63, 3.8) is 0 Å². The van der Waals surface area contributed by atoms with Crippen LogP contribution in [0.1, 0.15) is 54.6 Å². The van der Waals surface area contributed by atoms with E-state index in [4.69, 9.17) is 0 Å². The third-order valence-electron chi connectivity index (χ3n) is 4.71. The lowest BCUT2D eigenvalue weighted by molar-refractivity contribution is 0.0757. The van der Waals surface area contributed by atoms with Crippen molar-refractivity contribution in [3.8, 4) is 0 Å². The molecule has 4 heteroatoms. The number of carbonyl (C=O) groups excluding carboxylic acids is 1. The van der Waals surface area contributed by atoms with Gasteiger partial charge < -0.3 is 10.2 Å². The van der Waals surface area contributed by atoms with E-state index in [2.05, 4.69) is 31.3 Å². The predicted molar refractivity (Wildman–Crippen MR) is 87.8 cm³/mol. The number of hydrogen-bond donors (Lipinski definition) is 1. The molecule has 1 N–H and O–H groups in total. The summed E-state index contributed by atoms with van der Waals surface area (Å²) in [5, 5.41) is 3.33. The summed E-state index contributed by atoms with van der Waals surface area (Å²) in [5.41, 5.74) is 3.84. The zero-order valence-corrected chi connectivity index (χ0v) is 13.8. The van der Waals surface area contributed by atoms with Crippen LogP contribution in [-0.2, 0) is 13.1 Å². The summed E-state index contributed by atoms with van der Waals surface area (Å²) in [7, 11) is 0. The predicted octanol–water partition coefficient (Wildman–Crippen LogP) is 3.36. The summed E-state index contributed by atoms with van der Waals surface area (Å²) in [6.07, 6.45) is 3.43. The maximum absolute atomic E-state index is 12.7. The number of nitrogens with zero attached hydrogens (tertiary/aromatic N) is 1. The average molecular weight is 309 g/mol. The summed E-state index contributed by atoms with van der Waals surface area (Å²) in [4.78, 5) is 14.7. The second-order valence-electron chi connectivity index (χ2n) is 6.90. The molecule has 2 aliphatic rings. The van der Waals surface area contributed by atoms with Gasteiger partial charge in [0.25, 0.3) is 5.91 Å². The summed E-state index contributed by atoms with van der Waals surface area (Å²) >= 11 is 0. The molecular weight excluding hydrogens is 284 g/mol. The van der Waals surface area contributed by atoms with Gasteiger partial charge in [-0.2, -0.15) is 0 Å². The van der Waals surface area contributed by atoms with Crippen molar-refractivity contribution < 1.29 is 4.79 Å². The molecule has 0 radical (unpaired) electrons. The molecule has 1 aromatic carbocycles. The number of likely N-dealkylation sites (tertiary alicyclic amines) is 1. The number of hydrogen-bond acceptors (Lipinski definition) is 2. The van der Waals surface area contributed by atoms with E-state index < -0.39 is 0 Å². The van der Waals surface area contributed by atoms with Gasteiger partial charge in [0, 0.05) is 31.7 Å². The van der Waals surface area contributed by atoms with E-state index in [0.717, 1.165) is 44.6 Å². The number of benzene rings is 1. The van der Waals surface area contributed by atoms with Gasteiger partial charge in [-0.25, -0.2) is 0 Å². The molecule has 0 atom stereocenters. The first kappa shape index (κ1) is 16.3. The van der Waals surface area contributed by atoms with Crippen LogP contribution < -0.4 is 5.32 Å². The van der Waals surface area contributed by atoms with Gasteiger partial charge in [0.05, 0.1) is 0 Å². The van der Waals surface area contributed by atoms with Crippen LogP contribution >= 0.6 is 12.4 Å². The molecule has 2 heterocycles. The monoisotopic (exact) mass is 308 g/mol. The SMILES string of the molecule is CC1(C)CCCN(C(=O)c2ccc3c(c2)CNC3)CC1.Cl. The van der Waals surface area contributed by atoms with E-state index in [1.807, 2.05) is 11.0 Å². The maximum Gasteiger partial charge on any atom is 0.253 e. The van der Waals surface area contributed by atoms with E-state index in [1.165, 1.54) is 17.5 Å². The number of carbonyl (C=O) groups is 1. The molecule has 116 valence electrons. The Kier molecular flexibility index (Phi) is 4.95. The molecule has 21 heavy (non-hydrogen) atoms. The van der Waals surface area contributed by atoms with Gasteiger partial charge in [-0.1, -0.05) is 19.9 Å². The third-order valence-corrected chi connectivity index (χ3v) is 4.71. The second-order valence-corrected chi connectivity index (χ2v) is 6.90. The van der Waals surface area contributed by atoms with Crippen molar-refractivity contribution in [2.24, 2.45) is 5.41 Å². The Labute approximate surface area is 133 Å². The average Bonchev–Trinajstić information content (AvgIpc) is 2.81. The Balaban J connectivity index is 0.00000161. The van der Waals surface area contributed by atoms with Gasteiger partial charge in [0.1, 0.15) is 0 Å². The van der Waals surface area contributed by atoms with E-state index in [-0.39, 0.29) is 18.3 Å². The molecule has 1 fully saturated rings. The largest absolute Gasteiger partial charge is 0.339 e. The number of rotatable bonds is 1. The molecule has 0 aromatic heterocycles. The van der Waals surface area contributed by atoms with Crippen LogP contribution in [0.5, 0.6) is 0 Å². The van der Waals surface area contributed by atoms with Gasteiger partial charge in [-0.15, -0.1) is 12.4 Å². The Morgan fingerprint density at radius 1 is 1.14 bits per heavy atom. The summed E-state index contributed by atoms with van der Waals surface area (Å²) in [6.45, 7) is 8.23. The van der Waals surface area contributed by atoms with Gasteiger partial charge in [-0.3, -0.25) is 4.79 Å². The molecular formula is C17H25ClN2O. The molecule has 0 bridgehead atoms. The van der Waals surface area contributed by atoms with Crippen molar-refractivity contribution in [2.45, 2.75) is 46.2 Å². The highest BCUT2D eigenvalue weighted by atomic mass is 35.5. The zero-order chi connectivity index (χ0) is 14.2. The summed E-state index contributed by atoms with van der Waals surface area (Å²) < 4.78 is 0. The molecule has 1 aromatic rings. The normalized spacial score (nSPS) is 20.4. The van der Waals surface area contributed by atoms with Gasteiger partial charge in [-0.05, 0) is 47.9 Å². The zero-order valence-electron chi connectivity index (χ0n) is 12.9. The highest BCUT2D eigenvalue weighted by molar-refractivity contribution is 5.94. The fourth-order valence-corrected chi connectivity index (χ4v) is 3.24. The van der Waals surface area contributed by atoms with Crippen molar-refractivity contribution in [2.75, 3.05) is 13.1 Å². The van der Waals surface area contributed by atoms with Crippen LogP contribution in [0.25, 0.3) is 0 Å². The third kappa shape index (κ3) is 3.58. The first-order valence-electron chi connectivity index (χ1n) is 7.67. The number of fused-ring (bicyclic) bond motifs is 1. The highest BCUT2D eigenvalue weighted by Gasteiger charge is 2.26. The number of nitrogens with one attached hydrogen (secondary N) is 1. The fraction of sp³-hybridized carbons (Fsp3) is 0.588. The Morgan fingerprint density at radius 3 is 2.71 bits per heavy atom. The lowest BCUT2D eigenvalue weighted by Crippen LogP contribution is -2.32. The second kappa shape index (κ2) is 6.37. The summed E-state index contributed by atoms with van der Waals surface area (Å²) in [6, 6.07) is 6.17.